The molecule has 4 aromatic rings. The molecule has 0 aliphatic rings. The van der Waals surface area contributed by atoms with Crippen LogP contribution in [0.5, 0.6) is 0 Å². The van der Waals surface area contributed by atoms with Crippen LogP contribution in [0.3, 0.4) is 0 Å². The molecule has 0 saturated carbocycles. The van der Waals surface area contributed by atoms with Crippen LogP contribution in [0.4, 0.5) is 0 Å². The number of rotatable bonds is 6. The number of nitrogens with zero attached hydrogens (tertiary/aromatic N) is 3. The normalized spacial score (nSPS) is 10.9. The van der Waals surface area contributed by atoms with Gasteiger partial charge in [0.05, 0.1) is 24.7 Å². The van der Waals surface area contributed by atoms with Crippen LogP contribution in [0.15, 0.2) is 94.8 Å². The van der Waals surface area contributed by atoms with Crippen LogP contribution >= 0.6 is 12.2 Å². The maximum atomic E-state index is 5.27. The Bertz CT molecular complexity index is 1090. The number of aromatic nitrogens is 2. The van der Waals surface area contributed by atoms with Crippen LogP contribution in [-0.4, -0.2) is 21.1 Å². The Morgan fingerprint density at radius 2 is 1.79 bits per heavy atom. The first kappa shape index (κ1) is 18.6. The second kappa shape index (κ2) is 8.99. The summed E-state index contributed by atoms with van der Waals surface area (Å²) in [5.74, 6) is 0.800. The lowest BCUT2D eigenvalue weighted by Gasteiger charge is -2.04. The Labute approximate surface area is 173 Å². The summed E-state index contributed by atoms with van der Waals surface area (Å²) in [6.45, 7) is 0.496. The molecule has 0 amide bonds. The van der Waals surface area contributed by atoms with Gasteiger partial charge in [-0.2, -0.15) is 10.2 Å². The molecule has 29 heavy (non-hydrogen) atoms. The number of para-hydroxylation sites is 1. The van der Waals surface area contributed by atoms with Gasteiger partial charge in [-0.05, 0) is 36.5 Å². The molecule has 2 N–H and O–H groups in total. The van der Waals surface area contributed by atoms with Crippen LogP contribution in [0.1, 0.15) is 11.3 Å². The first-order valence-electron chi connectivity index (χ1n) is 9.09. The number of thiocarbonyl (C=S) groups is 1. The summed E-state index contributed by atoms with van der Waals surface area (Å²) in [6, 6.07) is 23.7. The van der Waals surface area contributed by atoms with Crippen molar-refractivity contribution in [2.24, 2.45) is 5.10 Å². The molecule has 0 aliphatic heterocycles. The van der Waals surface area contributed by atoms with E-state index >= 15 is 0 Å². The molecule has 6 nitrogen and oxygen atoms in total. The molecule has 0 aliphatic carbocycles. The van der Waals surface area contributed by atoms with Gasteiger partial charge in [0.25, 0.3) is 0 Å². The van der Waals surface area contributed by atoms with E-state index in [1.165, 1.54) is 0 Å². The average Bonchev–Trinajstić information content (AvgIpc) is 3.44. The minimum absolute atomic E-state index is 0.411. The van der Waals surface area contributed by atoms with Gasteiger partial charge in [-0.1, -0.05) is 48.5 Å². The lowest BCUT2D eigenvalue weighted by molar-refractivity contribution is 0.502. The third-order valence-electron chi connectivity index (χ3n) is 4.18. The van der Waals surface area contributed by atoms with Gasteiger partial charge in [0.2, 0.25) is 0 Å². The fraction of sp³-hybridized carbons (Fsp3) is 0.0455. The topological polar surface area (TPSA) is 67.4 Å². The van der Waals surface area contributed by atoms with E-state index < -0.39 is 0 Å². The van der Waals surface area contributed by atoms with Crippen molar-refractivity contribution in [3.63, 3.8) is 0 Å². The van der Waals surface area contributed by atoms with Crippen molar-refractivity contribution in [2.75, 3.05) is 0 Å². The van der Waals surface area contributed by atoms with E-state index in [1.54, 1.807) is 12.5 Å². The smallest absolute Gasteiger partial charge is 0.187 e. The number of hydrogen-bond acceptors (Lipinski definition) is 4. The monoisotopic (exact) mass is 401 g/mol. The summed E-state index contributed by atoms with van der Waals surface area (Å²) in [6.07, 6.45) is 5.29. The van der Waals surface area contributed by atoms with E-state index in [0.29, 0.717) is 11.7 Å². The molecule has 2 aromatic carbocycles. The minimum Gasteiger partial charge on any atom is -0.467 e. The van der Waals surface area contributed by atoms with Gasteiger partial charge in [0, 0.05) is 17.3 Å². The van der Waals surface area contributed by atoms with Gasteiger partial charge >= 0.3 is 0 Å². The second-order valence-electron chi connectivity index (χ2n) is 6.21. The first-order chi connectivity index (χ1) is 14.3. The third kappa shape index (κ3) is 4.77. The van der Waals surface area contributed by atoms with Gasteiger partial charge in [0.1, 0.15) is 11.5 Å². The van der Waals surface area contributed by atoms with Crippen LogP contribution in [0.2, 0.25) is 0 Å². The summed E-state index contributed by atoms with van der Waals surface area (Å²) >= 11 is 5.25. The molecule has 0 unspecified atom stereocenters. The Morgan fingerprint density at radius 1 is 1.03 bits per heavy atom. The molecule has 144 valence electrons. The highest BCUT2D eigenvalue weighted by Gasteiger charge is 2.10. The molecule has 0 bridgehead atoms. The van der Waals surface area contributed by atoms with Gasteiger partial charge in [-0.15, -0.1) is 0 Å². The molecule has 0 atom stereocenters. The number of hydrogen-bond donors (Lipinski definition) is 2. The van der Waals surface area contributed by atoms with Crippen molar-refractivity contribution in [1.29, 1.82) is 0 Å². The lowest BCUT2D eigenvalue weighted by Crippen LogP contribution is -2.31. The van der Waals surface area contributed by atoms with Crippen molar-refractivity contribution in [1.82, 2.24) is 20.5 Å². The van der Waals surface area contributed by atoms with E-state index in [0.717, 1.165) is 28.3 Å². The molecule has 2 heterocycles. The first-order valence-corrected chi connectivity index (χ1v) is 9.50. The lowest BCUT2D eigenvalue weighted by atomic mass is 10.1. The number of furan rings is 1. The molecule has 0 radical (unpaired) electrons. The number of benzene rings is 2. The van der Waals surface area contributed by atoms with Crippen LogP contribution < -0.4 is 10.7 Å². The predicted octanol–water partition coefficient (Wildman–Crippen LogP) is 4.13. The summed E-state index contributed by atoms with van der Waals surface area (Å²) in [7, 11) is 0. The quantitative estimate of drug-likeness (QED) is 0.289. The Kier molecular flexibility index (Phi) is 5.78. The Hall–Kier alpha value is -3.71. The van der Waals surface area contributed by atoms with Crippen LogP contribution in [-0.2, 0) is 6.54 Å². The minimum atomic E-state index is 0.411. The van der Waals surface area contributed by atoms with E-state index in [2.05, 4.69) is 15.8 Å². The number of hydrazone groups is 1. The molecule has 0 spiro atoms. The van der Waals surface area contributed by atoms with Crippen LogP contribution in [0, 0.1) is 0 Å². The summed E-state index contributed by atoms with van der Waals surface area (Å²) in [4.78, 5) is 0. The zero-order valence-electron chi connectivity index (χ0n) is 15.5. The van der Waals surface area contributed by atoms with E-state index in [1.807, 2.05) is 83.7 Å². The largest absolute Gasteiger partial charge is 0.467 e. The van der Waals surface area contributed by atoms with Crippen molar-refractivity contribution >= 4 is 23.5 Å². The van der Waals surface area contributed by atoms with Crippen molar-refractivity contribution in [2.45, 2.75) is 6.54 Å². The summed E-state index contributed by atoms with van der Waals surface area (Å²) < 4.78 is 7.11. The highest BCUT2D eigenvalue weighted by molar-refractivity contribution is 7.80. The van der Waals surface area contributed by atoms with Gasteiger partial charge in [0.15, 0.2) is 5.11 Å². The average molecular weight is 401 g/mol. The Balaban J connectivity index is 1.51. The van der Waals surface area contributed by atoms with Crippen molar-refractivity contribution < 1.29 is 4.42 Å². The summed E-state index contributed by atoms with van der Waals surface area (Å²) in [5, 5.41) is 12.5. The fourth-order valence-corrected chi connectivity index (χ4v) is 2.92. The second-order valence-corrected chi connectivity index (χ2v) is 6.62. The molecular formula is C22H19N5OS. The SMILES string of the molecule is S=C(NCc1ccco1)NN=Cc1cn(-c2ccccc2)nc1-c1ccccc1. The molecule has 7 heteroatoms. The Morgan fingerprint density at radius 3 is 2.52 bits per heavy atom. The molecule has 0 fully saturated rings. The maximum absolute atomic E-state index is 5.27. The zero-order valence-corrected chi connectivity index (χ0v) is 16.3. The number of nitrogens with one attached hydrogen (secondary N) is 2. The maximum Gasteiger partial charge on any atom is 0.187 e. The third-order valence-corrected chi connectivity index (χ3v) is 4.42. The zero-order chi connectivity index (χ0) is 19.9. The molecule has 0 saturated heterocycles. The fourth-order valence-electron chi connectivity index (χ4n) is 2.80. The highest BCUT2D eigenvalue weighted by atomic mass is 32.1. The van der Waals surface area contributed by atoms with E-state index in [4.69, 9.17) is 21.7 Å². The van der Waals surface area contributed by atoms with Gasteiger partial charge in [-0.3, -0.25) is 5.43 Å². The highest BCUT2D eigenvalue weighted by Crippen LogP contribution is 2.22. The predicted molar refractivity (Wildman–Crippen MR) is 118 cm³/mol. The summed E-state index contributed by atoms with van der Waals surface area (Å²) in [5.41, 5.74) is 6.55. The molecule has 2 aromatic heterocycles. The van der Waals surface area contributed by atoms with Crippen molar-refractivity contribution in [3.05, 3.63) is 96.6 Å². The van der Waals surface area contributed by atoms with Crippen molar-refractivity contribution in [3.8, 4) is 16.9 Å². The van der Waals surface area contributed by atoms with E-state index in [-0.39, 0.29) is 0 Å². The molecular weight excluding hydrogens is 382 g/mol. The molecule has 4 rings (SSSR count). The van der Waals surface area contributed by atoms with Crippen LogP contribution in [0.25, 0.3) is 16.9 Å². The van der Waals surface area contributed by atoms with Gasteiger partial charge < -0.3 is 9.73 Å². The van der Waals surface area contributed by atoms with E-state index in [9.17, 15) is 0 Å². The standard InChI is InChI=1S/C22H19N5OS/c29-22(23-15-20-12-7-13-28-20)25-24-14-18-16-27(19-10-5-2-6-11-19)26-21(18)17-8-3-1-4-9-17/h1-14,16H,15H2,(H2,23,25,29). The van der Waals surface area contributed by atoms with Gasteiger partial charge in [-0.25, -0.2) is 4.68 Å².